The normalized spacial score (nSPS) is 15.4. The molecule has 1 fully saturated rings. The lowest BCUT2D eigenvalue weighted by Gasteiger charge is -2.34. The van der Waals surface area contributed by atoms with Crippen molar-refractivity contribution in [2.75, 3.05) is 38.0 Å². The summed E-state index contributed by atoms with van der Waals surface area (Å²) in [4.78, 5) is 21.6. The van der Waals surface area contributed by atoms with Crippen LogP contribution in [-0.2, 0) is 11.3 Å². The van der Waals surface area contributed by atoms with Gasteiger partial charge in [0.1, 0.15) is 5.15 Å². The highest BCUT2D eigenvalue weighted by atomic mass is 35.5. The average molecular weight is 423 g/mol. The molecule has 0 atom stereocenters. The zero-order valence-corrected chi connectivity index (χ0v) is 18.2. The summed E-state index contributed by atoms with van der Waals surface area (Å²) in [5, 5.41) is 4.74. The number of para-hydroxylation sites is 1. The van der Waals surface area contributed by atoms with Crippen molar-refractivity contribution in [3.63, 3.8) is 0 Å². The molecule has 0 aliphatic carbocycles. The summed E-state index contributed by atoms with van der Waals surface area (Å²) in [7, 11) is 0. The number of piperazine rings is 1. The van der Waals surface area contributed by atoms with Crippen molar-refractivity contribution in [3.05, 3.63) is 70.4 Å². The van der Waals surface area contributed by atoms with Crippen LogP contribution in [0.3, 0.4) is 0 Å². The fourth-order valence-corrected chi connectivity index (χ4v) is 4.08. The van der Waals surface area contributed by atoms with E-state index in [1.165, 1.54) is 5.56 Å². The molecule has 1 amide bonds. The number of rotatable bonds is 5. The first-order chi connectivity index (χ1) is 14.5. The van der Waals surface area contributed by atoms with Crippen LogP contribution in [0.25, 0.3) is 10.9 Å². The fourth-order valence-electron chi connectivity index (χ4n) is 3.87. The van der Waals surface area contributed by atoms with Gasteiger partial charge in [-0.25, -0.2) is 4.98 Å². The Kier molecular flexibility index (Phi) is 6.32. The fraction of sp³-hybridized carbons (Fsp3) is 0.333. The summed E-state index contributed by atoms with van der Waals surface area (Å²) in [5.41, 5.74) is 5.18. The van der Waals surface area contributed by atoms with E-state index in [4.69, 9.17) is 11.6 Å². The number of hydrogen-bond acceptors (Lipinski definition) is 4. The van der Waals surface area contributed by atoms with Crippen LogP contribution in [0.2, 0.25) is 5.15 Å². The second-order valence-corrected chi connectivity index (χ2v) is 8.34. The van der Waals surface area contributed by atoms with Gasteiger partial charge in [-0.3, -0.25) is 14.6 Å². The number of aromatic nitrogens is 1. The summed E-state index contributed by atoms with van der Waals surface area (Å²) < 4.78 is 0. The first-order valence-electron chi connectivity index (χ1n) is 10.3. The molecule has 0 bridgehead atoms. The Morgan fingerprint density at radius 3 is 2.57 bits per heavy atom. The number of anilines is 1. The van der Waals surface area contributed by atoms with Crippen LogP contribution >= 0.6 is 11.6 Å². The highest BCUT2D eigenvalue weighted by molar-refractivity contribution is 6.30. The highest BCUT2D eigenvalue weighted by Crippen LogP contribution is 2.22. The number of nitrogens with one attached hydrogen (secondary N) is 1. The van der Waals surface area contributed by atoms with E-state index in [9.17, 15) is 4.79 Å². The minimum atomic E-state index is 0.0407. The maximum absolute atomic E-state index is 12.5. The third-order valence-electron chi connectivity index (χ3n) is 5.85. The van der Waals surface area contributed by atoms with Gasteiger partial charge in [0.2, 0.25) is 5.91 Å². The van der Waals surface area contributed by atoms with Crippen LogP contribution in [-0.4, -0.2) is 53.4 Å². The second-order valence-electron chi connectivity index (χ2n) is 7.98. The predicted octanol–water partition coefficient (Wildman–Crippen LogP) is 4.26. The van der Waals surface area contributed by atoms with E-state index in [0.29, 0.717) is 11.7 Å². The molecule has 30 heavy (non-hydrogen) atoms. The molecule has 1 aliphatic rings. The number of aryl methyl sites for hydroxylation is 1. The first-order valence-corrected chi connectivity index (χ1v) is 10.7. The van der Waals surface area contributed by atoms with Gasteiger partial charge >= 0.3 is 0 Å². The molecule has 0 radical (unpaired) electrons. The molecule has 1 N–H and O–H groups in total. The highest BCUT2D eigenvalue weighted by Gasteiger charge is 2.20. The molecular weight excluding hydrogens is 396 g/mol. The van der Waals surface area contributed by atoms with Crippen molar-refractivity contribution in [3.8, 4) is 0 Å². The van der Waals surface area contributed by atoms with Crippen LogP contribution in [0.1, 0.15) is 16.7 Å². The molecule has 6 heteroatoms. The molecule has 0 unspecified atom stereocenters. The largest absolute Gasteiger partial charge is 0.325 e. The average Bonchev–Trinajstić information content (AvgIpc) is 2.73. The molecule has 0 spiro atoms. The molecule has 2 heterocycles. The lowest BCUT2D eigenvalue weighted by molar-refractivity contribution is -0.117. The summed E-state index contributed by atoms with van der Waals surface area (Å²) in [6, 6.07) is 16.2. The Balaban J connectivity index is 1.30. The van der Waals surface area contributed by atoms with E-state index in [1.54, 1.807) is 0 Å². The SMILES string of the molecule is Cc1cccc(NC(=O)CN2CCN(Cc3cc4ccccc4nc3Cl)CC2)c1C. The number of carbonyl (C=O) groups excluding carboxylic acids is 1. The van der Waals surface area contributed by atoms with Gasteiger partial charge in [0.05, 0.1) is 12.1 Å². The Morgan fingerprint density at radius 1 is 1.03 bits per heavy atom. The van der Waals surface area contributed by atoms with Crippen LogP contribution in [0, 0.1) is 13.8 Å². The van der Waals surface area contributed by atoms with E-state index in [2.05, 4.69) is 45.2 Å². The number of nitrogens with zero attached hydrogens (tertiary/aromatic N) is 3. The van der Waals surface area contributed by atoms with Crippen molar-refractivity contribution in [2.45, 2.75) is 20.4 Å². The smallest absolute Gasteiger partial charge is 0.238 e. The molecule has 2 aromatic carbocycles. The molecule has 156 valence electrons. The molecular formula is C24H27ClN4O. The van der Waals surface area contributed by atoms with Crippen LogP contribution in [0.5, 0.6) is 0 Å². The lowest BCUT2D eigenvalue weighted by atomic mass is 10.1. The Bertz CT molecular complexity index is 1060. The van der Waals surface area contributed by atoms with Crippen LogP contribution in [0.4, 0.5) is 5.69 Å². The van der Waals surface area contributed by atoms with E-state index in [0.717, 1.165) is 60.4 Å². The molecule has 1 aromatic heterocycles. The van der Waals surface area contributed by atoms with Crippen molar-refractivity contribution in [2.24, 2.45) is 0 Å². The first kappa shape index (κ1) is 20.8. The quantitative estimate of drug-likeness (QED) is 0.624. The topological polar surface area (TPSA) is 48.5 Å². The lowest BCUT2D eigenvalue weighted by Crippen LogP contribution is -2.48. The van der Waals surface area contributed by atoms with Crippen LogP contribution in [0.15, 0.2) is 48.5 Å². The Morgan fingerprint density at radius 2 is 1.77 bits per heavy atom. The maximum Gasteiger partial charge on any atom is 0.238 e. The second kappa shape index (κ2) is 9.13. The van der Waals surface area contributed by atoms with Crippen molar-refractivity contribution in [1.29, 1.82) is 0 Å². The summed E-state index contributed by atoms with van der Waals surface area (Å²) in [6.07, 6.45) is 0. The van der Waals surface area contributed by atoms with Crippen molar-refractivity contribution >= 4 is 34.1 Å². The summed E-state index contributed by atoms with van der Waals surface area (Å²) in [6.45, 7) is 8.81. The minimum Gasteiger partial charge on any atom is -0.325 e. The van der Waals surface area contributed by atoms with Gasteiger partial charge in [0.25, 0.3) is 0 Å². The number of fused-ring (bicyclic) bond motifs is 1. The number of benzene rings is 2. The summed E-state index contributed by atoms with van der Waals surface area (Å²) in [5.74, 6) is 0.0407. The molecule has 1 saturated heterocycles. The van der Waals surface area contributed by atoms with Gasteiger partial charge in [0.15, 0.2) is 0 Å². The third kappa shape index (κ3) is 4.81. The number of hydrogen-bond donors (Lipinski definition) is 1. The van der Waals surface area contributed by atoms with Gasteiger partial charge in [-0.2, -0.15) is 0 Å². The maximum atomic E-state index is 12.5. The molecule has 5 nitrogen and oxygen atoms in total. The molecule has 1 aliphatic heterocycles. The van der Waals surface area contributed by atoms with Crippen molar-refractivity contribution < 1.29 is 4.79 Å². The monoisotopic (exact) mass is 422 g/mol. The van der Waals surface area contributed by atoms with E-state index in [1.807, 2.05) is 37.3 Å². The van der Waals surface area contributed by atoms with Gasteiger partial charge in [-0.05, 0) is 43.2 Å². The molecule has 0 saturated carbocycles. The van der Waals surface area contributed by atoms with Gasteiger partial charge in [-0.15, -0.1) is 0 Å². The minimum absolute atomic E-state index is 0.0407. The van der Waals surface area contributed by atoms with Crippen LogP contribution < -0.4 is 5.32 Å². The molecule has 3 aromatic rings. The summed E-state index contributed by atoms with van der Waals surface area (Å²) >= 11 is 6.42. The van der Waals surface area contributed by atoms with Gasteiger partial charge < -0.3 is 5.32 Å². The number of carbonyl (C=O) groups is 1. The van der Waals surface area contributed by atoms with E-state index < -0.39 is 0 Å². The molecule has 4 rings (SSSR count). The zero-order chi connectivity index (χ0) is 21.1. The van der Waals surface area contributed by atoms with Crippen molar-refractivity contribution in [1.82, 2.24) is 14.8 Å². The predicted molar refractivity (Wildman–Crippen MR) is 123 cm³/mol. The standard InChI is InChI=1S/C24H27ClN4O/c1-17-6-5-9-21(18(17)2)26-23(30)16-29-12-10-28(11-13-29)15-20-14-19-7-3-4-8-22(19)27-24(20)25/h3-9,14H,10-13,15-16H2,1-2H3,(H,26,30). The zero-order valence-electron chi connectivity index (χ0n) is 17.5. The number of halogens is 1. The third-order valence-corrected chi connectivity index (χ3v) is 6.18. The Hall–Kier alpha value is -2.47. The van der Waals surface area contributed by atoms with Gasteiger partial charge in [0, 0.05) is 49.4 Å². The van der Waals surface area contributed by atoms with E-state index in [-0.39, 0.29) is 5.91 Å². The van der Waals surface area contributed by atoms with Gasteiger partial charge in [-0.1, -0.05) is 41.9 Å². The van der Waals surface area contributed by atoms with E-state index >= 15 is 0 Å². The Labute approximate surface area is 182 Å². The number of amides is 1. The number of pyridine rings is 1.